The summed E-state index contributed by atoms with van der Waals surface area (Å²) < 4.78 is 0. The standard InChI is InChI=1S/C18H19ClN2O2/c1-12-10-15(19)8-9-16(12)21-17(22)11-13(2)20-18(23)14-6-4-3-5-7-14/h3-10,13H,11H2,1-2H3,(H,20,23)(H,21,22). The SMILES string of the molecule is Cc1cc(Cl)ccc1NC(=O)CC(C)NC(=O)c1ccccc1. The van der Waals surface area contributed by atoms with Gasteiger partial charge in [0.25, 0.3) is 5.91 Å². The van der Waals surface area contributed by atoms with Gasteiger partial charge in [-0.3, -0.25) is 9.59 Å². The van der Waals surface area contributed by atoms with Crippen molar-refractivity contribution in [2.75, 3.05) is 5.32 Å². The number of hydrogen-bond acceptors (Lipinski definition) is 2. The molecule has 0 aliphatic carbocycles. The van der Waals surface area contributed by atoms with Crippen LogP contribution in [0.1, 0.15) is 29.3 Å². The van der Waals surface area contributed by atoms with Crippen LogP contribution < -0.4 is 10.6 Å². The van der Waals surface area contributed by atoms with E-state index in [9.17, 15) is 9.59 Å². The van der Waals surface area contributed by atoms with E-state index in [-0.39, 0.29) is 24.3 Å². The van der Waals surface area contributed by atoms with Gasteiger partial charge in [0.05, 0.1) is 0 Å². The molecule has 1 atom stereocenters. The normalized spacial score (nSPS) is 11.6. The number of aryl methyl sites for hydroxylation is 1. The Morgan fingerprint density at radius 2 is 1.83 bits per heavy atom. The van der Waals surface area contributed by atoms with Crippen molar-refractivity contribution in [1.29, 1.82) is 0 Å². The van der Waals surface area contributed by atoms with E-state index in [2.05, 4.69) is 10.6 Å². The quantitative estimate of drug-likeness (QED) is 0.876. The van der Waals surface area contributed by atoms with E-state index in [0.717, 1.165) is 11.3 Å². The largest absolute Gasteiger partial charge is 0.349 e. The molecule has 1 unspecified atom stereocenters. The molecule has 2 aromatic rings. The Labute approximate surface area is 140 Å². The number of carbonyl (C=O) groups excluding carboxylic acids is 2. The first kappa shape index (κ1) is 17.0. The number of hydrogen-bond donors (Lipinski definition) is 2. The average molecular weight is 331 g/mol. The fourth-order valence-electron chi connectivity index (χ4n) is 2.19. The van der Waals surface area contributed by atoms with Crippen molar-refractivity contribution in [3.8, 4) is 0 Å². The van der Waals surface area contributed by atoms with Gasteiger partial charge >= 0.3 is 0 Å². The monoisotopic (exact) mass is 330 g/mol. The van der Waals surface area contributed by atoms with Crippen LogP contribution in [-0.2, 0) is 4.79 Å². The van der Waals surface area contributed by atoms with Gasteiger partial charge in [0, 0.05) is 28.7 Å². The summed E-state index contributed by atoms with van der Waals surface area (Å²) in [6.45, 7) is 3.68. The summed E-state index contributed by atoms with van der Waals surface area (Å²) in [5.41, 5.74) is 2.20. The van der Waals surface area contributed by atoms with E-state index >= 15 is 0 Å². The van der Waals surface area contributed by atoms with Gasteiger partial charge in [-0.05, 0) is 49.7 Å². The summed E-state index contributed by atoms with van der Waals surface area (Å²) in [6.07, 6.45) is 0.195. The van der Waals surface area contributed by atoms with Gasteiger partial charge in [0.1, 0.15) is 0 Å². The Morgan fingerprint density at radius 3 is 2.48 bits per heavy atom. The molecular formula is C18H19ClN2O2. The molecule has 2 aromatic carbocycles. The van der Waals surface area contributed by atoms with Crippen LogP contribution in [0.25, 0.3) is 0 Å². The molecule has 23 heavy (non-hydrogen) atoms. The van der Waals surface area contributed by atoms with E-state index in [1.165, 1.54) is 0 Å². The van der Waals surface area contributed by atoms with E-state index < -0.39 is 0 Å². The number of nitrogens with one attached hydrogen (secondary N) is 2. The lowest BCUT2D eigenvalue weighted by Gasteiger charge is -2.15. The molecule has 120 valence electrons. The second-order valence-electron chi connectivity index (χ2n) is 5.45. The first-order valence-corrected chi connectivity index (χ1v) is 7.75. The number of rotatable bonds is 5. The van der Waals surface area contributed by atoms with Crippen molar-refractivity contribution in [1.82, 2.24) is 5.32 Å². The maximum absolute atomic E-state index is 12.1. The molecule has 0 saturated carbocycles. The summed E-state index contributed by atoms with van der Waals surface area (Å²) >= 11 is 5.89. The predicted octanol–water partition coefficient (Wildman–Crippen LogP) is 3.80. The van der Waals surface area contributed by atoms with E-state index in [1.54, 1.807) is 49.4 Å². The molecule has 0 saturated heterocycles. The summed E-state index contributed by atoms with van der Waals surface area (Å²) in [7, 11) is 0. The minimum atomic E-state index is -0.268. The zero-order valence-corrected chi connectivity index (χ0v) is 13.9. The topological polar surface area (TPSA) is 58.2 Å². The lowest BCUT2D eigenvalue weighted by molar-refractivity contribution is -0.116. The molecule has 0 bridgehead atoms. The molecule has 0 spiro atoms. The van der Waals surface area contributed by atoms with Gasteiger partial charge in [-0.25, -0.2) is 0 Å². The fraction of sp³-hybridized carbons (Fsp3) is 0.222. The Balaban J connectivity index is 1.88. The summed E-state index contributed by atoms with van der Waals surface area (Å²) in [5, 5.41) is 6.28. The van der Waals surface area contributed by atoms with Crippen molar-refractivity contribution in [2.45, 2.75) is 26.3 Å². The molecule has 0 fully saturated rings. The number of benzene rings is 2. The number of anilines is 1. The van der Waals surface area contributed by atoms with Gasteiger partial charge < -0.3 is 10.6 Å². The van der Waals surface area contributed by atoms with Crippen molar-refractivity contribution in [3.05, 3.63) is 64.7 Å². The third-order valence-electron chi connectivity index (χ3n) is 3.37. The first-order valence-electron chi connectivity index (χ1n) is 7.37. The molecule has 0 radical (unpaired) electrons. The molecule has 5 heteroatoms. The van der Waals surface area contributed by atoms with Crippen LogP contribution in [0.2, 0.25) is 5.02 Å². The number of carbonyl (C=O) groups is 2. The second kappa shape index (κ2) is 7.79. The van der Waals surface area contributed by atoms with Gasteiger partial charge in [-0.1, -0.05) is 29.8 Å². The maximum Gasteiger partial charge on any atom is 0.251 e. The Hall–Kier alpha value is -2.33. The predicted molar refractivity (Wildman–Crippen MR) is 92.8 cm³/mol. The van der Waals surface area contributed by atoms with Crippen LogP contribution in [0.15, 0.2) is 48.5 Å². The third-order valence-corrected chi connectivity index (χ3v) is 3.60. The highest BCUT2D eigenvalue weighted by atomic mass is 35.5. The van der Waals surface area contributed by atoms with Gasteiger partial charge in [0.15, 0.2) is 0 Å². The molecule has 0 aliphatic heterocycles. The van der Waals surface area contributed by atoms with Crippen molar-refractivity contribution in [2.24, 2.45) is 0 Å². The highest BCUT2D eigenvalue weighted by Crippen LogP contribution is 2.19. The fourth-order valence-corrected chi connectivity index (χ4v) is 2.42. The van der Waals surface area contributed by atoms with Crippen LogP contribution in [0.3, 0.4) is 0 Å². The second-order valence-corrected chi connectivity index (χ2v) is 5.89. The number of amides is 2. The maximum atomic E-state index is 12.1. The van der Waals surface area contributed by atoms with Crippen LogP contribution in [0, 0.1) is 6.92 Å². The van der Waals surface area contributed by atoms with Gasteiger partial charge in [-0.15, -0.1) is 0 Å². The van der Waals surface area contributed by atoms with Crippen LogP contribution in [-0.4, -0.2) is 17.9 Å². The molecule has 0 aliphatic rings. The Kier molecular flexibility index (Phi) is 5.77. The summed E-state index contributed by atoms with van der Waals surface area (Å²) in [6, 6.07) is 13.9. The number of halogens is 1. The minimum Gasteiger partial charge on any atom is -0.349 e. The zero-order chi connectivity index (χ0) is 16.8. The molecule has 2 N–H and O–H groups in total. The van der Waals surface area contributed by atoms with Crippen LogP contribution in [0.5, 0.6) is 0 Å². The van der Waals surface area contributed by atoms with Gasteiger partial charge in [0.2, 0.25) is 5.91 Å². The zero-order valence-electron chi connectivity index (χ0n) is 13.1. The molecule has 4 nitrogen and oxygen atoms in total. The smallest absolute Gasteiger partial charge is 0.251 e. The van der Waals surface area contributed by atoms with Crippen LogP contribution in [0.4, 0.5) is 5.69 Å². The minimum absolute atomic E-state index is 0.156. The average Bonchev–Trinajstić information content (AvgIpc) is 2.50. The molecule has 0 aromatic heterocycles. The van der Waals surface area contributed by atoms with E-state index in [4.69, 9.17) is 11.6 Å². The van der Waals surface area contributed by atoms with E-state index in [0.29, 0.717) is 10.6 Å². The van der Waals surface area contributed by atoms with Crippen molar-refractivity contribution < 1.29 is 9.59 Å². The summed E-state index contributed by atoms with van der Waals surface area (Å²) in [5.74, 6) is -0.343. The first-order chi connectivity index (χ1) is 11.0. The highest BCUT2D eigenvalue weighted by Gasteiger charge is 2.13. The molecule has 2 amide bonds. The van der Waals surface area contributed by atoms with Crippen molar-refractivity contribution in [3.63, 3.8) is 0 Å². The molecular weight excluding hydrogens is 312 g/mol. The van der Waals surface area contributed by atoms with E-state index in [1.807, 2.05) is 13.0 Å². The summed E-state index contributed by atoms with van der Waals surface area (Å²) in [4.78, 5) is 24.1. The lowest BCUT2D eigenvalue weighted by Crippen LogP contribution is -2.35. The van der Waals surface area contributed by atoms with Crippen LogP contribution >= 0.6 is 11.6 Å². The van der Waals surface area contributed by atoms with Crippen molar-refractivity contribution >= 4 is 29.1 Å². The molecule has 0 heterocycles. The highest BCUT2D eigenvalue weighted by molar-refractivity contribution is 6.30. The Morgan fingerprint density at radius 1 is 1.13 bits per heavy atom. The molecule has 2 rings (SSSR count). The lowest BCUT2D eigenvalue weighted by atomic mass is 10.1. The van der Waals surface area contributed by atoms with Gasteiger partial charge in [-0.2, -0.15) is 0 Å². The Bertz CT molecular complexity index is 701. The third kappa shape index (κ3) is 5.11.